The van der Waals surface area contributed by atoms with Crippen LogP contribution in [0, 0.1) is 0 Å². The second-order valence-electron chi connectivity index (χ2n) is 4.76. The number of aryl methyl sites for hydroxylation is 1. The van der Waals surface area contributed by atoms with E-state index in [1.54, 1.807) is 7.11 Å². The maximum atomic E-state index is 5.55. The fourth-order valence-corrected chi connectivity index (χ4v) is 2.19. The zero-order valence-electron chi connectivity index (χ0n) is 11.9. The molecule has 0 aliphatic heterocycles. The maximum absolute atomic E-state index is 5.55. The first-order chi connectivity index (χ1) is 9.83. The maximum Gasteiger partial charge on any atom is 0.123 e. The Labute approximate surface area is 120 Å². The van der Waals surface area contributed by atoms with E-state index >= 15 is 0 Å². The van der Waals surface area contributed by atoms with Crippen molar-refractivity contribution in [2.24, 2.45) is 5.73 Å². The van der Waals surface area contributed by atoms with Crippen LogP contribution in [0.4, 0.5) is 5.69 Å². The topological polar surface area (TPSA) is 47.3 Å². The van der Waals surface area contributed by atoms with Crippen molar-refractivity contribution in [3.05, 3.63) is 59.7 Å². The molecule has 0 spiro atoms. The van der Waals surface area contributed by atoms with Crippen LogP contribution in [0.2, 0.25) is 0 Å². The second-order valence-corrected chi connectivity index (χ2v) is 4.76. The van der Waals surface area contributed by atoms with Crippen molar-refractivity contribution >= 4 is 5.69 Å². The first-order valence-corrected chi connectivity index (χ1v) is 6.98. The molecule has 106 valence electrons. The molecule has 2 aromatic rings. The van der Waals surface area contributed by atoms with Gasteiger partial charge >= 0.3 is 0 Å². The smallest absolute Gasteiger partial charge is 0.123 e. The summed E-state index contributed by atoms with van der Waals surface area (Å²) in [7, 11) is 1.70. The van der Waals surface area contributed by atoms with Crippen molar-refractivity contribution in [3.8, 4) is 5.75 Å². The van der Waals surface area contributed by atoms with Crippen molar-refractivity contribution in [2.75, 3.05) is 19.0 Å². The van der Waals surface area contributed by atoms with Gasteiger partial charge in [0.05, 0.1) is 7.11 Å². The highest BCUT2D eigenvalue weighted by Crippen LogP contribution is 2.19. The minimum Gasteiger partial charge on any atom is -0.496 e. The van der Waals surface area contributed by atoms with E-state index in [0.717, 1.165) is 42.9 Å². The van der Waals surface area contributed by atoms with Crippen LogP contribution < -0.4 is 15.8 Å². The molecule has 2 aromatic carbocycles. The highest BCUT2D eigenvalue weighted by Gasteiger charge is 2.01. The average molecular weight is 270 g/mol. The number of nitrogens with two attached hydrogens (primary N) is 1. The molecule has 0 bridgehead atoms. The second kappa shape index (κ2) is 7.56. The number of rotatable bonds is 7. The number of benzene rings is 2. The molecule has 0 fully saturated rings. The molecule has 0 atom stereocenters. The van der Waals surface area contributed by atoms with Crippen LogP contribution in [0.5, 0.6) is 5.75 Å². The molecule has 3 nitrogen and oxygen atoms in total. The Bertz CT molecular complexity index is 540. The summed E-state index contributed by atoms with van der Waals surface area (Å²) in [4.78, 5) is 0. The van der Waals surface area contributed by atoms with E-state index in [2.05, 4.69) is 35.6 Å². The normalized spacial score (nSPS) is 10.3. The van der Waals surface area contributed by atoms with E-state index in [1.165, 1.54) is 5.56 Å². The van der Waals surface area contributed by atoms with Crippen LogP contribution >= 0.6 is 0 Å². The van der Waals surface area contributed by atoms with Gasteiger partial charge in [-0.05, 0) is 43.1 Å². The number of ether oxygens (including phenoxy) is 1. The van der Waals surface area contributed by atoms with Crippen molar-refractivity contribution in [1.82, 2.24) is 0 Å². The van der Waals surface area contributed by atoms with E-state index in [4.69, 9.17) is 10.5 Å². The number of nitrogens with one attached hydrogen (secondary N) is 1. The first kappa shape index (κ1) is 14.4. The summed E-state index contributed by atoms with van der Waals surface area (Å²) in [5.41, 5.74) is 9.16. The summed E-state index contributed by atoms with van der Waals surface area (Å²) in [6.07, 6.45) is 2.05. The molecule has 20 heavy (non-hydrogen) atoms. The van der Waals surface area contributed by atoms with E-state index in [9.17, 15) is 0 Å². The van der Waals surface area contributed by atoms with Crippen LogP contribution in [0.25, 0.3) is 0 Å². The van der Waals surface area contributed by atoms with E-state index in [-0.39, 0.29) is 0 Å². The van der Waals surface area contributed by atoms with Crippen LogP contribution in [0.3, 0.4) is 0 Å². The number of methoxy groups -OCH3 is 1. The Morgan fingerprint density at radius 1 is 1.10 bits per heavy atom. The fourth-order valence-electron chi connectivity index (χ4n) is 2.19. The van der Waals surface area contributed by atoms with Gasteiger partial charge in [0.1, 0.15) is 5.75 Å². The highest BCUT2D eigenvalue weighted by atomic mass is 16.5. The fraction of sp³-hybridized carbons (Fsp3) is 0.294. The summed E-state index contributed by atoms with van der Waals surface area (Å²) >= 11 is 0. The van der Waals surface area contributed by atoms with Crippen LogP contribution in [-0.4, -0.2) is 13.7 Å². The van der Waals surface area contributed by atoms with Gasteiger partial charge in [-0.2, -0.15) is 0 Å². The lowest BCUT2D eigenvalue weighted by Gasteiger charge is -2.11. The van der Waals surface area contributed by atoms with Crippen LogP contribution in [0.15, 0.2) is 48.5 Å². The Balaban J connectivity index is 1.99. The third kappa shape index (κ3) is 4.00. The largest absolute Gasteiger partial charge is 0.496 e. The summed E-state index contributed by atoms with van der Waals surface area (Å²) in [5, 5.41) is 3.44. The molecule has 0 amide bonds. The minimum atomic E-state index is 0.735. The van der Waals surface area contributed by atoms with Gasteiger partial charge in [-0.3, -0.25) is 0 Å². The third-order valence-electron chi connectivity index (χ3n) is 3.27. The Kier molecular flexibility index (Phi) is 5.44. The highest BCUT2D eigenvalue weighted by molar-refractivity contribution is 5.47. The summed E-state index contributed by atoms with van der Waals surface area (Å²) in [6.45, 7) is 1.49. The molecule has 2 rings (SSSR count). The van der Waals surface area contributed by atoms with Gasteiger partial charge in [0, 0.05) is 17.8 Å². The van der Waals surface area contributed by atoms with Gasteiger partial charge in [-0.25, -0.2) is 0 Å². The van der Waals surface area contributed by atoms with Gasteiger partial charge in [0.2, 0.25) is 0 Å². The van der Waals surface area contributed by atoms with Crippen LogP contribution in [-0.2, 0) is 13.0 Å². The Morgan fingerprint density at radius 3 is 2.75 bits per heavy atom. The Morgan fingerprint density at radius 2 is 1.95 bits per heavy atom. The number of anilines is 1. The molecule has 0 saturated heterocycles. The van der Waals surface area contributed by atoms with Gasteiger partial charge in [-0.15, -0.1) is 0 Å². The van der Waals surface area contributed by atoms with Crippen LogP contribution in [0.1, 0.15) is 17.5 Å². The third-order valence-corrected chi connectivity index (χ3v) is 3.27. The molecular weight excluding hydrogens is 248 g/mol. The quantitative estimate of drug-likeness (QED) is 0.812. The molecule has 0 radical (unpaired) electrons. The van der Waals surface area contributed by atoms with Gasteiger partial charge in [0.25, 0.3) is 0 Å². The molecular formula is C17H22N2O. The standard InChI is InChI=1S/C17H22N2O/c1-20-17-10-3-2-8-15(17)13-19-16-9-4-6-14(12-16)7-5-11-18/h2-4,6,8-10,12,19H,5,7,11,13,18H2,1H3. The Hall–Kier alpha value is -2.00. The molecule has 0 heterocycles. The molecule has 3 N–H and O–H groups in total. The lowest BCUT2D eigenvalue weighted by atomic mass is 10.1. The van der Waals surface area contributed by atoms with E-state index < -0.39 is 0 Å². The van der Waals surface area contributed by atoms with E-state index in [1.807, 2.05) is 18.2 Å². The van der Waals surface area contributed by atoms with Gasteiger partial charge < -0.3 is 15.8 Å². The van der Waals surface area contributed by atoms with Crippen molar-refractivity contribution in [3.63, 3.8) is 0 Å². The van der Waals surface area contributed by atoms with Gasteiger partial charge in [-0.1, -0.05) is 30.3 Å². The van der Waals surface area contributed by atoms with E-state index in [0.29, 0.717) is 0 Å². The average Bonchev–Trinajstić information content (AvgIpc) is 2.51. The number of hydrogen-bond donors (Lipinski definition) is 2. The SMILES string of the molecule is COc1ccccc1CNc1cccc(CCCN)c1. The molecule has 0 saturated carbocycles. The number of para-hydroxylation sites is 1. The summed E-state index contributed by atoms with van der Waals surface area (Å²) < 4.78 is 5.36. The summed E-state index contributed by atoms with van der Waals surface area (Å²) in [5.74, 6) is 0.916. The molecule has 0 aromatic heterocycles. The predicted octanol–water partition coefficient (Wildman–Crippen LogP) is 3.20. The van der Waals surface area contributed by atoms with Crippen molar-refractivity contribution < 1.29 is 4.74 Å². The zero-order valence-corrected chi connectivity index (χ0v) is 11.9. The first-order valence-electron chi connectivity index (χ1n) is 6.98. The lowest BCUT2D eigenvalue weighted by molar-refractivity contribution is 0.410. The molecule has 0 aliphatic rings. The molecule has 3 heteroatoms. The lowest BCUT2D eigenvalue weighted by Crippen LogP contribution is -2.03. The predicted molar refractivity (Wildman–Crippen MR) is 84.1 cm³/mol. The monoisotopic (exact) mass is 270 g/mol. The summed E-state index contributed by atoms with van der Waals surface area (Å²) in [6, 6.07) is 16.6. The molecule has 0 unspecified atom stereocenters. The zero-order chi connectivity index (χ0) is 14.2. The minimum absolute atomic E-state index is 0.735. The molecule has 0 aliphatic carbocycles. The van der Waals surface area contributed by atoms with Crippen molar-refractivity contribution in [2.45, 2.75) is 19.4 Å². The van der Waals surface area contributed by atoms with Gasteiger partial charge in [0.15, 0.2) is 0 Å². The van der Waals surface area contributed by atoms with Crippen molar-refractivity contribution in [1.29, 1.82) is 0 Å². The number of hydrogen-bond acceptors (Lipinski definition) is 3.